The molecule has 0 aliphatic heterocycles. The maximum absolute atomic E-state index is 12.4. The van der Waals surface area contributed by atoms with Gasteiger partial charge in [0.2, 0.25) is 5.88 Å². The van der Waals surface area contributed by atoms with Crippen molar-refractivity contribution in [2.24, 2.45) is 4.99 Å². The molecule has 0 atom stereocenters. The number of nitrogens with zero attached hydrogens (tertiary/aromatic N) is 3. The first-order valence-electron chi connectivity index (χ1n) is 8.17. The summed E-state index contributed by atoms with van der Waals surface area (Å²) >= 11 is 6.09. The van der Waals surface area contributed by atoms with Crippen molar-refractivity contribution in [1.29, 1.82) is 5.26 Å². The molecule has 1 heterocycles. The number of ether oxygens (including phenoxy) is 2. The Bertz CT molecular complexity index is 961. The number of benzene rings is 1. The molecule has 0 amide bonds. The Hall–Kier alpha value is -2.82. The molecule has 2 aromatic rings. The highest BCUT2D eigenvalue weighted by atomic mass is 35.5. The molecule has 0 radical (unpaired) electrons. The molecule has 7 nitrogen and oxygen atoms in total. The second-order valence-electron chi connectivity index (χ2n) is 5.73. The summed E-state index contributed by atoms with van der Waals surface area (Å²) in [7, 11) is 3.07. The Balaban J connectivity index is 2.49. The fourth-order valence-electron chi connectivity index (χ4n) is 2.57. The van der Waals surface area contributed by atoms with Gasteiger partial charge in [-0.2, -0.15) is 5.26 Å². The van der Waals surface area contributed by atoms with E-state index in [2.05, 4.69) is 4.99 Å². The van der Waals surface area contributed by atoms with Crippen molar-refractivity contribution in [3.63, 3.8) is 0 Å². The summed E-state index contributed by atoms with van der Waals surface area (Å²) in [5.74, 6) is 0.282. The summed E-state index contributed by atoms with van der Waals surface area (Å²) in [5, 5.41) is 20.3. The first-order valence-corrected chi connectivity index (χ1v) is 8.55. The van der Waals surface area contributed by atoms with Crippen molar-refractivity contribution < 1.29 is 14.6 Å². The average Bonchev–Trinajstić information content (AvgIpc) is 2.65. The monoisotopic (exact) mass is 389 g/mol. The van der Waals surface area contributed by atoms with Gasteiger partial charge in [0, 0.05) is 26.5 Å². The highest BCUT2D eigenvalue weighted by Crippen LogP contribution is 2.29. The highest BCUT2D eigenvalue weighted by molar-refractivity contribution is 6.32. The Labute approximate surface area is 162 Å². The molecule has 0 fully saturated rings. The van der Waals surface area contributed by atoms with Gasteiger partial charge in [-0.1, -0.05) is 11.6 Å². The van der Waals surface area contributed by atoms with Crippen molar-refractivity contribution in [3.8, 4) is 17.7 Å². The van der Waals surface area contributed by atoms with Crippen LogP contribution in [0, 0.1) is 18.3 Å². The Kier molecular flexibility index (Phi) is 6.99. The van der Waals surface area contributed by atoms with E-state index in [-0.39, 0.29) is 18.0 Å². The van der Waals surface area contributed by atoms with E-state index in [1.54, 1.807) is 32.2 Å². The second kappa shape index (κ2) is 9.21. The third-order valence-corrected chi connectivity index (χ3v) is 4.35. The summed E-state index contributed by atoms with van der Waals surface area (Å²) in [6.45, 7) is 2.25. The molecular weight excluding hydrogens is 370 g/mol. The minimum atomic E-state index is -0.534. The zero-order valence-electron chi connectivity index (χ0n) is 15.3. The van der Waals surface area contributed by atoms with E-state index in [9.17, 15) is 15.2 Å². The summed E-state index contributed by atoms with van der Waals surface area (Å²) < 4.78 is 11.2. The number of aromatic nitrogens is 1. The maximum atomic E-state index is 12.4. The third kappa shape index (κ3) is 4.48. The minimum absolute atomic E-state index is 0.0283. The molecule has 1 aromatic carbocycles. The lowest BCUT2D eigenvalue weighted by Gasteiger charge is -2.13. The van der Waals surface area contributed by atoms with Gasteiger partial charge < -0.3 is 14.6 Å². The molecule has 0 unspecified atom stereocenters. The first-order chi connectivity index (χ1) is 12.9. The largest absolute Gasteiger partial charge is 0.495 e. The van der Waals surface area contributed by atoms with Crippen molar-refractivity contribution >= 4 is 23.5 Å². The number of hydrogen-bond acceptors (Lipinski definition) is 6. The molecular formula is C19H20ClN3O4. The summed E-state index contributed by atoms with van der Waals surface area (Å²) in [6.07, 6.45) is 1.93. The van der Waals surface area contributed by atoms with Crippen LogP contribution in [0.4, 0.5) is 5.69 Å². The van der Waals surface area contributed by atoms with Crippen LogP contribution >= 0.6 is 11.6 Å². The van der Waals surface area contributed by atoms with Crippen LogP contribution in [0.25, 0.3) is 0 Å². The van der Waals surface area contributed by atoms with Crippen LogP contribution in [0.3, 0.4) is 0 Å². The Morgan fingerprint density at radius 1 is 1.41 bits per heavy atom. The Morgan fingerprint density at radius 3 is 2.74 bits per heavy atom. The molecule has 27 heavy (non-hydrogen) atoms. The molecule has 0 saturated carbocycles. The van der Waals surface area contributed by atoms with Gasteiger partial charge in [0.05, 0.1) is 23.4 Å². The number of halogens is 1. The molecule has 8 heteroatoms. The standard InChI is InChI=1S/C19H20ClN3O4/c1-12-14(10-21)18(24)23(7-4-8-26-2)19(25)15(12)11-22-13-5-6-17(27-3)16(20)9-13/h5-6,9,11,25H,4,7-8H2,1-3H3. The van der Waals surface area contributed by atoms with Crippen LogP contribution in [-0.4, -0.2) is 36.7 Å². The predicted molar refractivity (Wildman–Crippen MR) is 104 cm³/mol. The predicted octanol–water partition coefficient (Wildman–Crippen LogP) is 3.18. The first kappa shape index (κ1) is 20.5. The average molecular weight is 390 g/mol. The summed E-state index contributed by atoms with van der Waals surface area (Å²) in [6, 6.07) is 6.90. The quantitative estimate of drug-likeness (QED) is 0.579. The zero-order chi connectivity index (χ0) is 20.0. The van der Waals surface area contributed by atoms with E-state index in [1.807, 2.05) is 6.07 Å². The molecule has 0 saturated heterocycles. The van der Waals surface area contributed by atoms with E-state index in [4.69, 9.17) is 21.1 Å². The fraction of sp³-hybridized carbons (Fsp3) is 0.316. The number of methoxy groups -OCH3 is 2. The molecule has 0 bridgehead atoms. The third-order valence-electron chi connectivity index (χ3n) is 4.05. The minimum Gasteiger partial charge on any atom is -0.495 e. The zero-order valence-corrected chi connectivity index (χ0v) is 16.1. The van der Waals surface area contributed by atoms with Crippen LogP contribution in [0.1, 0.15) is 23.1 Å². The van der Waals surface area contributed by atoms with Crippen molar-refractivity contribution in [3.05, 3.63) is 50.3 Å². The van der Waals surface area contributed by atoms with E-state index < -0.39 is 5.56 Å². The number of aromatic hydroxyl groups is 1. The number of hydrogen-bond donors (Lipinski definition) is 1. The highest BCUT2D eigenvalue weighted by Gasteiger charge is 2.17. The van der Waals surface area contributed by atoms with Gasteiger partial charge in [0.25, 0.3) is 5.56 Å². The lowest BCUT2D eigenvalue weighted by molar-refractivity contribution is 0.188. The van der Waals surface area contributed by atoms with Crippen molar-refractivity contribution in [2.45, 2.75) is 19.9 Å². The number of pyridine rings is 1. The van der Waals surface area contributed by atoms with E-state index in [0.29, 0.717) is 40.6 Å². The molecule has 1 N–H and O–H groups in total. The van der Waals surface area contributed by atoms with Gasteiger partial charge in [-0.3, -0.25) is 14.4 Å². The van der Waals surface area contributed by atoms with Crippen LogP contribution in [0.5, 0.6) is 11.6 Å². The molecule has 2 rings (SSSR count). The van der Waals surface area contributed by atoms with Gasteiger partial charge in [-0.05, 0) is 37.1 Å². The van der Waals surface area contributed by atoms with Gasteiger partial charge in [-0.15, -0.1) is 0 Å². The van der Waals surface area contributed by atoms with Crippen LogP contribution < -0.4 is 10.3 Å². The number of aliphatic imine (C=N–C) groups is 1. The second-order valence-corrected chi connectivity index (χ2v) is 6.14. The van der Waals surface area contributed by atoms with Crippen molar-refractivity contribution in [2.75, 3.05) is 20.8 Å². The summed E-state index contributed by atoms with van der Waals surface area (Å²) in [5.41, 5.74) is 0.643. The summed E-state index contributed by atoms with van der Waals surface area (Å²) in [4.78, 5) is 16.7. The van der Waals surface area contributed by atoms with E-state index in [1.165, 1.54) is 13.3 Å². The fourth-order valence-corrected chi connectivity index (χ4v) is 2.83. The number of nitriles is 1. The lowest BCUT2D eigenvalue weighted by atomic mass is 10.1. The van der Waals surface area contributed by atoms with Gasteiger partial charge >= 0.3 is 0 Å². The van der Waals surface area contributed by atoms with Crippen LogP contribution in [0.2, 0.25) is 5.02 Å². The van der Waals surface area contributed by atoms with Gasteiger partial charge in [0.1, 0.15) is 17.4 Å². The molecule has 0 aliphatic rings. The SMILES string of the molecule is COCCCn1c(O)c(C=Nc2ccc(OC)c(Cl)c2)c(C)c(C#N)c1=O. The maximum Gasteiger partial charge on any atom is 0.271 e. The molecule has 0 spiro atoms. The normalized spacial score (nSPS) is 10.9. The van der Waals surface area contributed by atoms with Crippen molar-refractivity contribution in [1.82, 2.24) is 4.57 Å². The van der Waals surface area contributed by atoms with Gasteiger partial charge in [-0.25, -0.2) is 0 Å². The van der Waals surface area contributed by atoms with Crippen LogP contribution in [0.15, 0.2) is 28.0 Å². The van der Waals surface area contributed by atoms with E-state index in [0.717, 1.165) is 4.57 Å². The topological polar surface area (TPSA) is 96.8 Å². The van der Waals surface area contributed by atoms with Crippen LogP contribution in [-0.2, 0) is 11.3 Å². The molecule has 0 aliphatic carbocycles. The molecule has 1 aromatic heterocycles. The molecule has 142 valence electrons. The smallest absolute Gasteiger partial charge is 0.271 e. The van der Waals surface area contributed by atoms with E-state index >= 15 is 0 Å². The Morgan fingerprint density at radius 2 is 2.15 bits per heavy atom. The number of rotatable bonds is 7. The van der Waals surface area contributed by atoms with Gasteiger partial charge in [0.15, 0.2) is 0 Å². The lowest BCUT2D eigenvalue weighted by Crippen LogP contribution is -2.26.